The van der Waals surface area contributed by atoms with Crippen molar-refractivity contribution in [3.63, 3.8) is 0 Å². The van der Waals surface area contributed by atoms with Gasteiger partial charge in [0.05, 0.1) is 0 Å². The standard InChI is InChI=1S/C37H44F2O/c1-3-5-6-7-8-9-10-14-28-40-37(26-4-2)27-25-34(35(38)36(37)39)33-23-21-32(22-24-33)31-19-17-30(18-20-31)29-15-12-11-13-16-29/h11-13,15-25,27,36H,3-10,14,26,28H2,1-2H3. The Morgan fingerprint density at radius 2 is 1.12 bits per heavy atom. The van der Waals surface area contributed by atoms with E-state index < -0.39 is 17.6 Å². The van der Waals surface area contributed by atoms with Gasteiger partial charge in [0, 0.05) is 12.2 Å². The average molecular weight is 543 g/mol. The van der Waals surface area contributed by atoms with Crippen LogP contribution in [0.3, 0.4) is 0 Å². The van der Waals surface area contributed by atoms with Crippen LogP contribution in [0.2, 0.25) is 0 Å². The minimum absolute atomic E-state index is 0.306. The van der Waals surface area contributed by atoms with Gasteiger partial charge in [-0.2, -0.15) is 0 Å². The highest BCUT2D eigenvalue weighted by Crippen LogP contribution is 2.41. The summed E-state index contributed by atoms with van der Waals surface area (Å²) in [6, 6.07) is 26.4. The summed E-state index contributed by atoms with van der Waals surface area (Å²) in [5, 5.41) is 0. The van der Waals surface area contributed by atoms with Crippen molar-refractivity contribution in [2.75, 3.05) is 6.61 Å². The highest BCUT2D eigenvalue weighted by atomic mass is 19.2. The van der Waals surface area contributed by atoms with Gasteiger partial charge < -0.3 is 4.74 Å². The van der Waals surface area contributed by atoms with Gasteiger partial charge in [-0.25, -0.2) is 8.78 Å². The molecule has 0 radical (unpaired) electrons. The molecule has 3 heteroatoms. The SMILES string of the molecule is CCCCCCCCCCOC1(CCC)C=CC(c2ccc(-c3ccc(-c4ccccc4)cc3)cc2)=C(F)C1F. The molecule has 212 valence electrons. The van der Waals surface area contributed by atoms with Crippen LogP contribution in [-0.2, 0) is 4.74 Å². The third-order valence-electron chi connectivity index (χ3n) is 7.97. The van der Waals surface area contributed by atoms with E-state index in [2.05, 4.69) is 43.3 Å². The van der Waals surface area contributed by atoms with Gasteiger partial charge in [-0.3, -0.25) is 0 Å². The fourth-order valence-corrected chi connectivity index (χ4v) is 5.59. The number of benzene rings is 3. The number of allylic oxidation sites excluding steroid dienone is 2. The number of hydrogen-bond donors (Lipinski definition) is 0. The van der Waals surface area contributed by atoms with Crippen LogP contribution in [0.15, 0.2) is 96.8 Å². The van der Waals surface area contributed by atoms with Crippen molar-refractivity contribution < 1.29 is 13.5 Å². The van der Waals surface area contributed by atoms with Crippen molar-refractivity contribution in [1.29, 1.82) is 0 Å². The Bertz CT molecular complexity index is 1230. The van der Waals surface area contributed by atoms with Crippen molar-refractivity contribution in [2.24, 2.45) is 0 Å². The summed E-state index contributed by atoms with van der Waals surface area (Å²) in [4.78, 5) is 0. The molecule has 2 unspecified atom stereocenters. The lowest BCUT2D eigenvalue weighted by molar-refractivity contribution is -0.0642. The quantitative estimate of drug-likeness (QED) is 0.174. The van der Waals surface area contributed by atoms with Crippen molar-refractivity contribution in [3.8, 4) is 22.3 Å². The molecule has 1 nitrogen and oxygen atoms in total. The Balaban J connectivity index is 1.37. The third-order valence-corrected chi connectivity index (χ3v) is 7.97. The number of ether oxygens (including phenoxy) is 1. The number of unbranched alkanes of at least 4 members (excludes halogenated alkanes) is 7. The molecule has 0 bridgehead atoms. The van der Waals surface area contributed by atoms with Crippen LogP contribution in [0.5, 0.6) is 0 Å². The molecule has 0 aliphatic heterocycles. The first-order valence-corrected chi connectivity index (χ1v) is 15.2. The van der Waals surface area contributed by atoms with Crippen molar-refractivity contribution >= 4 is 5.57 Å². The lowest BCUT2D eigenvalue weighted by Gasteiger charge is -2.36. The molecule has 2 atom stereocenters. The molecular formula is C37H44F2O. The molecule has 0 fully saturated rings. The molecule has 0 aromatic heterocycles. The molecule has 0 heterocycles. The van der Waals surface area contributed by atoms with E-state index in [1.807, 2.05) is 49.4 Å². The average Bonchev–Trinajstić information content (AvgIpc) is 3.00. The van der Waals surface area contributed by atoms with Crippen molar-refractivity contribution in [1.82, 2.24) is 0 Å². The smallest absolute Gasteiger partial charge is 0.184 e. The minimum Gasteiger partial charge on any atom is -0.367 e. The first-order chi connectivity index (χ1) is 19.6. The summed E-state index contributed by atoms with van der Waals surface area (Å²) in [5.74, 6) is -0.730. The molecule has 0 amide bonds. The Morgan fingerprint density at radius 1 is 0.625 bits per heavy atom. The number of halogens is 2. The van der Waals surface area contributed by atoms with Crippen LogP contribution in [0, 0.1) is 0 Å². The van der Waals surface area contributed by atoms with E-state index in [4.69, 9.17) is 4.74 Å². The summed E-state index contributed by atoms with van der Waals surface area (Å²) >= 11 is 0. The second-order valence-electron chi connectivity index (χ2n) is 11.0. The van der Waals surface area contributed by atoms with Gasteiger partial charge >= 0.3 is 0 Å². The Morgan fingerprint density at radius 3 is 1.68 bits per heavy atom. The predicted octanol–water partition coefficient (Wildman–Crippen LogP) is 11.3. The topological polar surface area (TPSA) is 9.23 Å². The molecule has 0 N–H and O–H groups in total. The molecule has 0 saturated heterocycles. The van der Waals surface area contributed by atoms with Gasteiger partial charge in [0.25, 0.3) is 0 Å². The first-order valence-electron chi connectivity index (χ1n) is 15.2. The zero-order valence-electron chi connectivity index (χ0n) is 24.2. The van der Waals surface area contributed by atoms with Gasteiger partial charge in [0.15, 0.2) is 6.17 Å². The van der Waals surface area contributed by atoms with Crippen LogP contribution in [-0.4, -0.2) is 18.4 Å². The predicted molar refractivity (Wildman–Crippen MR) is 166 cm³/mol. The second kappa shape index (κ2) is 15.1. The van der Waals surface area contributed by atoms with Crippen LogP contribution in [0.25, 0.3) is 27.8 Å². The largest absolute Gasteiger partial charge is 0.367 e. The van der Waals surface area contributed by atoms with Gasteiger partial charge in [0.1, 0.15) is 11.4 Å². The minimum atomic E-state index is -1.80. The Kier molecular flexibility index (Phi) is 11.3. The lowest BCUT2D eigenvalue weighted by atomic mass is 9.83. The summed E-state index contributed by atoms with van der Waals surface area (Å²) in [7, 11) is 0. The molecular weight excluding hydrogens is 498 g/mol. The second-order valence-corrected chi connectivity index (χ2v) is 11.0. The van der Waals surface area contributed by atoms with Crippen LogP contribution >= 0.6 is 0 Å². The summed E-state index contributed by atoms with van der Waals surface area (Å²) < 4.78 is 37.3. The fourth-order valence-electron chi connectivity index (χ4n) is 5.59. The van der Waals surface area contributed by atoms with Gasteiger partial charge in [-0.05, 0) is 46.7 Å². The Labute approximate surface area is 240 Å². The van der Waals surface area contributed by atoms with Gasteiger partial charge in [0.2, 0.25) is 0 Å². The molecule has 1 aliphatic rings. The van der Waals surface area contributed by atoms with E-state index in [9.17, 15) is 0 Å². The molecule has 3 aromatic carbocycles. The Hall–Kier alpha value is -3.04. The van der Waals surface area contributed by atoms with Gasteiger partial charge in [-0.15, -0.1) is 0 Å². The maximum absolute atomic E-state index is 15.7. The molecule has 3 aromatic rings. The maximum atomic E-state index is 15.7. The van der Waals surface area contributed by atoms with E-state index >= 15 is 8.78 Å². The molecule has 40 heavy (non-hydrogen) atoms. The fraction of sp³-hybridized carbons (Fsp3) is 0.405. The van der Waals surface area contributed by atoms with E-state index in [1.165, 1.54) is 44.1 Å². The van der Waals surface area contributed by atoms with E-state index in [-0.39, 0.29) is 0 Å². The zero-order chi connectivity index (χ0) is 28.2. The number of alkyl halides is 1. The molecule has 0 saturated carbocycles. The normalized spacial score (nSPS) is 18.9. The van der Waals surface area contributed by atoms with Crippen LogP contribution in [0.4, 0.5) is 8.78 Å². The maximum Gasteiger partial charge on any atom is 0.184 e. The van der Waals surface area contributed by atoms with Gasteiger partial charge in [-0.1, -0.05) is 150 Å². The first kappa shape index (κ1) is 29.9. The lowest BCUT2D eigenvalue weighted by Crippen LogP contribution is -2.43. The molecule has 4 rings (SSSR count). The third kappa shape index (κ3) is 7.57. The highest BCUT2D eigenvalue weighted by Gasteiger charge is 2.43. The van der Waals surface area contributed by atoms with E-state index in [1.54, 1.807) is 12.2 Å². The van der Waals surface area contributed by atoms with E-state index in [0.29, 0.717) is 24.2 Å². The summed E-state index contributed by atoms with van der Waals surface area (Å²) in [5.41, 5.74) is 4.22. The number of rotatable bonds is 15. The summed E-state index contributed by atoms with van der Waals surface area (Å²) in [6.45, 7) is 4.68. The van der Waals surface area contributed by atoms with Crippen molar-refractivity contribution in [2.45, 2.75) is 89.8 Å². The monoisotopic (exact) mass is 542 g/mol. The molecule has 0 spiro atoms. The number of hydrogen-bond acceptors (Lipinski definition) is 1. The summed E-state index contributed by atoms with van der Waals surface area (Å²) in [6.07, 6.45) is 12.4. The van der Waals surface area contributed by atoms with Crippen molar-refractivity contribution in [3.05, 3.63) is 102 Å². The zero-order valence-corrected chi connectivity index (χ0v) is 24.2. The van der Waals surface area contributed by atoms with Crippen LogP contribution in [0.1, 0.15) is 83.6 Å². The highest BCUT2D eigenvalue weighted by molar-refractivity contribution is 5.80. The molecule has 1 aliphatic carbocycles. The van der Waals surface area contributed by atoms with Crippen LogP contribution < -0.4 is 0 Å². The van der Waals surface area contributed by atoms with E-state index in [0.717, 1.165) is 36.0 Å².